The minimum Gasteiger partial charge on any atom is -0.443 e. The monoisotopic (exact) mass is 224 g/mol. The molecular weight excluding hydrogens is 208 g/mol. The average Bonchev–Trinajstić information content (AvgIpc) is 1.79. The lowest BCUT2D eigenvalue weighted by molar-refractivity contribution is 0.0568. The minimum absolute atomic E-state index is 0.716. The summed E-state index contributed by atoms with van der Waals surface area (Å²) < 4.78 is 29.7. The maximum absolute atomic E-state index is 11.1. The van der Waals surface area contributed by atoms with E-state index in [1.807, 2.05) is 0 Å². The van der Waals surface area contributed by atoms with Crippen molar-refractivity contribution < 1.29 is 17.9 Å². The summed E-state index contributed by atoms with van der Waals surface area (Å²) in [7, 11) is -1.14. The lowest BCUT2D eigenvalue weighted by Crippen LogP contribution is -2.42. The summed E-state index contributed by atoms with van der Waals surface area (Å²) in [6.45, 7) is 4.94. The van der Waals surface area contributed by atoms with Crippen LogP contribution in [-0.4, -0.2) is 38.5 Å². The smallest absolute Gasteiger partial charge is 0.422 e. The van der Waals surface area contributed by atoms with Gasteiger partial charge in [-0.05, 0) is 20.8 Å². The van der Waals surface area contributed by atoms with Crippen molar-refractivity contribution in [3.8, 4) is 0 Å². The van der Waals surface area contributed by atoms with Gasteiger partial charge in [0.25, 0.3) is 0 Å². The molecule has 7 heteroatoms. The first-order chi connectivity index (χ1) is 6.04. The van der Waals surface area contributed by atoms with Gasteiger partial charge in [0.1, 0.15) is 5.60 Å². The Bertz CT molecular complexity index is 302. The SMILES string of the molecule is CN(C)S(=O)(=O)NC(=O)OC(C)(C)C. The third kappa shape index (κ3) is 5.03. The molecule has 84 valence electrons. The summed E-state index contributed by atoms with van der Waals surface area (Å²) in [5, 5.41) is 0. The van der Waals surface area contributed by atoms with E-state index in [0.717, 1.165) is 4.31 Å². The van der Waals surface area contributed by atoms with E-state index in [2.05, 4.69) is 0 Å². The lowest BCUT2D eigenvalue weighted by atomic mass is 10.2. The predicted molar refractivity (Wildman–Crippen MR) is 52.0 cm³/mol. The Balaban J connectivity index is 4.36. The number of rotatable bonds is 2. The van der Waals surface area contributed by atoms with Crippen LogP contribution in [0.25, 0.3) is 0 Å². The molecule has 1 N–H and O–H groups in total. The molecule has 0 heterocycles. The van der Waals surface area contributed by atoms with E-state index in [9.17, 15) is 13.2 Å². The lowest BCUT2D eigenvalue weighted by Gasteiger charge is -2.20. The Morgan fingerprint density at radius 1 is 1.29 bits per heavy atom. The van der Waals surface area contributed by atoms with Gasteiger partial charge in [0.05, 0.1) is 0 Å². The van der Waals surface area contributed by atoms with Gasteiger partial charge in [0.15, 0.2) is 0 Å². The quantitative estimate of drug-likeness (QED) is 0.732. The van der Waals surface area contributed by atoms with Gasteiger partial charge >= 0.3 is 16.3 Å². The minimum atomic E-state index is -3.76. The number of hydrogen-bond donors (Lipinski definition) is 1. The summed E-state index contributed by atoms with van der Waals surface area (Å²) >= 11 is 0. The van der Waals surface area contributed by atoms with Gasteiger partial charge in [-0.2, -0.15) is 12.7 Å². The zero-order valence-corrected chi connectivity index (χ0v) is 9.80. The molecule has 0 unspecified atom stereocenters. The van der Waals surface area contributed by atoms with Crippen LogP contribution < -0.4 is 4.72 Å². The molecule has 6 nitrogen and oxygen atoms in total. The number of nitrogens with one attached hydrogen (secondary N) is 1. The van der Waals surface area contributed by atoms with E-state index in [4.69, 9.17) is 4.74 Å². The third-order valence-electron chi connectivity index (χ3n) is 1.09. The van der Waals surface area contributed by atoms with Crippen molar-refractivity contribution in [1.29, 1.82) is 0 Å². The van der Waals surface area contributed by atoms with Crippen LogP contribution in [0.15, 0.2) is 0 Å². The molecule has 0 aliphatic carbocycles. The van der Waals surface area contributed by atoms with Gasteiger partial charge in [-0.15, -0.1) is 0 Å². The predicted octanol–water partition coefficient (Wildman–Crippen LogP) is 0.317. The van der Waals surface area contributed by atoms with Crippen molar-refractivity contribution in [1.82, 2.24) is 9.03 Å². The van der Waals surface area contributed by atoms with Crippen LogP contribution in [0.2, 0.25) is 0 Å². The van der Waals surface area contributed by atoms with Crippen LogP contribution in [0.1, 0.15) is 20.8 Å². The van der Waals surface area contributed by atoms with Gasteiger partial charge in [-0.3, -0.25) is 0 Å². The molecule has 0 saturated heterocycles. The summed E-state index contributed by atoms with van der Waals surface area (Å²) in [5.41, 5.74) is -0.716. The fourth-order valence-electron chi connectivity index (χ4n) is 0.496. The first kappa shape index (κ1) is 13.2. The van der Waals surface area contributed by atoms with Gasteiger partial charge in [-0.25, -0.2) is 9.52 Å². The first-order valence-corrected chi connectivity index (χ1v) is 5.42. The highest BCUT2D eigenvalue weighted by Crippen LogP contribution is 2.06. The molecule has 0 rings (SSSR count). The molecule has 0 aliphatic heterocycles. The second-order valence-electron chi connectivity index (χ2n) is 3.89. The molecule has 0 aromatic rings. The second kappa shape index (κ2) is 4.14. The highest BCUT2D eigenvalue weighted by molar-refractivity contribution is 7.87. The van der Waals surface area contributed by atoms with Crippen LogP contribution in [0.4, 0.5) is 4.79 Å². The van der Waals surface area contributed by atoms with Crippen molar-refractivity contribution >= 4 is 16.3 Å². The topological polar surface area (TPSA) is 75.7 Å². The number of carbonyl (C=O) groups is 1. The van der Waals surface area contributed by atoms with Crippen molar-refractivity contribution in [2.45, 2.75) is 26.4 Å². The number of ether oxygens (including phenoxy) is 1. The number of amides is 1. The average molecular weight is 224 g/mol. The van der Waals surface area contributed by atoms with Crippen molar-refractivity contribution in [2.24, 2.45) is 0 Å². The van der Waals surface area contributed by atoms with E-state index < -0.39 is 21.9 Å². The highest BCUT2D eigenvalue weighted by atomic mass is 32.2. The maximum atomic E-state index is 11.1. The van der Waals surface area contributed by atoms with E-state index in [1.54, 1.807) is 25.5 Å². The fourth-order valence-corrected chi connectivity index (χ4v) is 0.930. The number of hydrogen-bond acceptors (Lipinski definition) is 4. The highest BCUT2D eigenvalue weighted by Gasteiger charge is 2.22. The normalized spacial score (nSPS) is 12.7. The molecule has 0 bridgehead atoms. The van der Waals surface area contributed by atoms with Crippen LogP contribution >= 0.6 is 0 Å². The van der Waals surface area contributed by atoms with Gasteiger partial charge in [-0.1, -0.05) is 0 Å². The van der Waals surface area contributed by atoms with Crippen LogP contribution in [0, 0.1) is 0 Å². The van der Waals surface area contributed by atoms with E-state index in [1.165, 1.54) is 14.1 Å². The zero-order chi connectivity index (χ0) is 11.6. The van der Waals surface area contributed by atoms with Gasteiger partial charge in [0, 0.05) is 14.1 Å². The molecule has 0 aliphatic rings. The first-order valence-electron chi connectivity index (χ1n) is 3.98. The largest absolute Gasteiger partial charge is 0.443 e. The van der Waals surface area contributed by atoms with E-state index in [0.29, 0.717) is 0 Å². The number of carbonyl (C=O) groups excluding carboxylic acids is 1. The maximum Gasteiger partial charge on any atom is 0.422 e. The Morgan fingerprint density at radius 2 is 1.71 bits per heavy atom. The molecular formula is C7H16N2O4S. The summed E-state index contributed by atoms with van der Waals surface area (Å²) in [5.74, 6) is 0. The Kier molecular flexibility index (Phi) is 3.90. The van der Waals surface area contributed by atoms with Crippen molar-refractivity contribution in [3.63, 3.8) is 0 Å². The molecule has 0 spiro atoms. The van der Waals surface area contributed by atoms with Gasteiger partial charge < -0.3 is 4.74 Å². The van der Waals surface area contributed by atoms with Crippen LogP contribution in [0.3, 0.4) is 0 Å². The van der Waals surface area contributed by atoms with Gasteiger partial charge in [0.2, 0.25) is 0 Å². The van der Waals surface area contributed by atoms with Crippen molar-refractivity contribution in [3.05, 3.63) is 0 Å². The zero-order valence-electron chi connectivity index (χ0n) is 8.99. The third-order valence-corrected chi connectivity index (χ3v) is 2.48. The molecule has 0 aromatic heterocycles. The molecule has 14 heavy (non-hydrogen) atoms. The molecule has 1 amide bonds. The standard InChI is InChI=1S/C7H16N2O4S/c1-7(2,3)13-6(10)8-14(11,12)9(4)5/h1-5H3,(H,8,10). The summed E-state index contributed by atoms with van der Waals surface area (Å²) in [6.07, 6.45) is -0.980. The van der Waals surface area contributed by atoms with E-state index >= 15 is 0 Å². The molecule has 0 fully saturated rings. The summed E-state index contributed by atoms with van der Waals surface area (Å²) in [4.78, 5) is 11.0. The Hall–Kier alpha value is -0.820. The molecule has 0 atom stereocenters. The van der Waals surface area contributed by atoms with Crippen molar-refractivity contribution in [2.75, 3.05) is 14.1 Å². The Morgan fingerprint density at radius 3 is 2.00 bits per heavy atom. The molecule has 0 radical (unpaired) electrons. The Labute approximate surface area is 84.4 Å². The molecule has 0 aromatic carbocycles. The second-order valence-corrected chi connectivity index (χ2v) is 5.78. The van der Waals surface area contributed by atoms with Crippen LogP contribution in [-0.2, 0) is 14.9 Å². The van der Waals surface area contributed by atoms with Crippen LogP contribution in [0.5, 0.6) is 0 Å². The molecule has 0 saturated carbocycles. The summed E-state index contributed by atoms with van der Waals surface area (Å²) in [6, 6.07) is 0. The number of nitrogens with zero attached hydrogens (tertiary/aromatic N) is 1. The fraction of sp³-hybridized carbons (Fsp3) is 0.857. The van der Waals surface area contributed by atoms with E-state index in [-0.39, 0.29) is 0 Å².